The molecule has 0 radical (unpaired) electrons. The van der Waals surface area contributed by atoms with Crippen molar-refractivity contribution < 1.29 is 4.79 Å². The fourth-order valence-corrected chi connectivity index (χ4v) is 3.28. The number of amides is 1. The number of carbonyl (C=O) groups is 1. The summed E-state index contributed by atoms with van der Waals surface area (Å²) in [7, 11) is 0. The number of benzene rings is 2. The molecule has 0 atom stereocenters. The van der Waals surface area contributed by atoms with Gasteiger partial charge in [-0.15, -0.1) is 6.58 Å². The van der Waals surface area contributed by atoms with E-state index in [4.69, 9.17) is 5.73 Å². The van der Waals surface area contributed by atoms with Crippen LogP contribution in [-0.4, -0.2) is 30.4 Å². The average Bonchev–Trinajstić information content (AvgIpc) is 2.76. The number of rotatable bonds is 6. The summed E-state index contributed by atoms with van der Waals surface area (Å²) in [5, 5.41) is 0. The molecule has 0 heterocycles. The summed E-state index contributed by atoms with van der Waals surface area (Å²) in [4.78, 5) is 13.3. The van der Waals surface area contributed by atoms with Gasteiger partial charge in [0.05, 0.1) is 0 Å². The Kier molecular flexibility index (Phi) is 18.9. The van der Waals surface area contributed by atoms with Gasteiger partial charge in [0.1, 0.15) is 0 Å². The van der Waals surface area contributed by atoms with Crippen molar-refractivity contribution in [3.63, 3.8) is 0 Å². The van der Waals surface area contributed by atoms with Crippen molar-refractivity contribution in [2.75, 3.05) is 19.6 Å². The number of aryl methyl sites for hydroxylation is 5. The molecule has 34 heavy (non-hydrogen) atoms. The Balaban J connectivity index is 0. The van der Waals surface area contributed by atoms with E-state index in [1.165, 1.54) is 53.9 Å². The van der Waals surface area contributed by atoms with Gasteiger partial charge in [0.25, 0.3) is 0 Å². The van der Waals surface area contributed by atoms with Gasteiger partial charge in [0.15, 0.2) is 0 Å². The van der Waals surface area contributed by atoms with Crippen LogP contribution in [0.5, 0.6) is 0 Å². The van der Waals surface area contributed by atoms with Crippen LogP contribution in [0, 0.1) is 34.6 Å². The standard InChI is InChI=1S/C10H13NO.C10H14.C7H17N.C4H8/c1-6-4-9(10(11)12)5-7(2)8(6)3;1-4-10-6-5-8(2)7-9(10)3;1-4-7-8(5-2)6-3;1-4(2)3/h4-5H,1-3H3,(H2,11,12);5-7H,4H2,1-3H3;4-7H2,1-3H3;1H2,2-3H3. The summed E-state index contributed by atoms with van der Waals surface area (Å²) in [5.74, 6) is -0.360. The summed E-state index contributed by atoms with van der Waals surface area (Å²) in [6, 6.07) is 10.3. The highest BCUT2D eigenvalue weighted by molar-refractivity contribution is 5.93. The molecule has 2 N–H and O–H groups in total. The largest absolute Gasteiger partial charge is 0.366 e. The van der Waals surface area contributed by atoms with Crippen LogP contribution in [-0.2, 0) is 6.42 Å². The normalized spacial score (nSPS) is 9.65. The minimum atomic E-state index is -0.360. The first-order chi connectivity index (χ1) is 15.8. The average molecular weight is 469 g/mol. The maximum atomic E-state index is 10.8. The molecule has 0 aliphatic heterocycles. The van der Waals surface area contributed by atoms with Crippen LogP contribution in [0.15, 0.2) is 42.5 Å². The fourth-order valence-electron chi connectivity index (χ4n) is 3.28. The Hall–Kier alpha value is -2.39. The van der Waals surface area contributed by atoms with E-state index < -0.39 is 0 Å². The molecule has 0 unspecified atom stereocenters. The fraction of sp³-hybridized carbons (Fsp3) is 0.516. The number of allylic oxidation sites excluding steroid dienone is 1. The second-order valence-corrected chi connectivity index (χ2v) is 9.12. The van der Waals surface area contributed by atoms with E-state index in [0.717, 1.165) is 17.5 Å². The van der Waals surface area contributed by atoms with E-state index in [0.29, 0.717) is 5.56 Å². The number of nitrogens with zero attached hydrogens (tertiary/aromatic N) is 1. The summed E-state index contributed by atoms with van der Waals surface area (Å²) >= 11 is 0. The molecule has 3 nitrogen and oxygen atoms in total. The van der Waals surface area contributed by atoms with Crippen LogP contribution >= 0.6 is 0 Å². The molecule has 192 valence electrons. The number of hydrogen-bond donors (Lipinski definition) is 1. The number of hydrogen-bond acceptors (Lipinski definition) is 2. The highest BCUT2D eigenvalue weighted by Gasteiger charge is 2.04. The zero-order chi connectivity index (χ0) is 26.8. The third-order valence-corrected chi connectivity index (χ3v) is 5.52. The Bertz CT molecular complexity index is 837. The molecular formula is C31H52N2O. The van der Waals surface area contributed by atoms with Crippen molar-refractivity contribution in [2.24, 2.45) is 5.73 Å². The zero-order valence-corrected chi connectivity index (χ0v) is 24.1. The highest BCUT2D eigenvalue weighted by atomic mass is 16.1. The van der Waals surface area contributed by atoms with Gasteiger partial charge >= 0.3 is 0 Å². The second-order valence-electron chi connectivity index (χ2n) is 9.12. The molecule has 2 rings (SSSR count). The van der Waals surface area contributed by atoms with Crippen molar-refractivity contribution in [1.82, 2.24) is 4.90 Å². The van der Waals surface area contributed by atoms with Crippen molar-refractivity contribution in [3.05, 3.63) is 81.4 Å². The maximum absolute atomic E-state index is 10.8. The molecule has 2 aromatic rings. The predicted octanol–water partition coefficient (Wildman–Crippen LogP) is 7.90. The third kappa shape index (κ3) is 15.4. The number of carbonyl (C=O) groups excluding carboxylic acids is 1. The van der Waals surface area contributed by atoms with Gasteiger partial charge in [-0.1, -0.05) is 57.0 Å². The Morgan fingerprint density at radius 2 is 1.32 bits per heavy atom. The minimum absolute atomic E-state index is 0.360. The van der Waals surface area contributed by atoms with Crippen LogP contribution in [0.4, 0.5) is 0 Å². The van der Waals surface area contributed by atoms with E-state index in [1.54, 1.807) is 0 Å². The number of nitrogens with two attached hydrogens (primary N) is 1. The van der Waals surface area contributed by atoms with Crippen molar-refractivity contribution in [1.29, 1.82) is 0 Å². The molecule has 2 aromatic carbocycles. The molecule has 0 aliphatic rings. The SMILES string of the molecule is C=C(C)C.CCCN(CC)CC.CCc1ccc(C)cc1C.Cc1cc(C(N)=O)cc(C)c1C. The molecule has 0 saturated carbocycles. The lowest BCUT2D eigenvalue weighted by molar-refractivity contribution is 0.1000. The van der Waals surface area contributed by atoms with Gasteiger partial charge in [0, 0.05) is 5.56 Å². The van der Waals surface area contributed by atoms with E-state index in [9.17, 15) is 4.79 Å². The first-order valence-corrected chi connectivity index (χ1v) is 12.6. The van der Waals surface area contributed by atoms with Crippen molar-refractivity contribution in [3.8, 4) is 0 Å². The topological polar surface area (TPSA) is 46.3 Å². The second kappa shape index (κ2) is 19.0. The quantitative estimate of drug-likeness (QED) is 0.438. The molecule has 0 aliphatic carbocycles. The van der Waals surface area contributed by atoms with Crippen LogP contribution in [0.25, 0.3) is 0 Å². The lowest BCUT2D eigenvalue weighted by atomic mass is 10.0. The van der Waals surface area contributed by atoms with Crippen molar-refractivity contribution >= 4 is 5.91 Å². The molecule has 0 saturated heterocycles. The van der Waals surface area contributed by atoms with Crippen LogP contribution in [0.1, 0.15) is 91.7 Å². The lowest BCUT2D eigenvalue weighted by Gasteiger charge is -2.15. The van der Waals surface area contributed by atoms with Gasteiger partial charge in [0.2, 0.25) is 5.91 Å². The number of primary amides is 1. The smallest absolute Gasteiger partial charge is 0.248 e. The van der Waals surface area contributed by atoms with Crippen LogP contribution in [0.2, 0.25) is 0 Å². The molecule has 3 heteroatoms. The highest BCUT2D eigenvalue weighted by Crippen LogP contribution is 2.14. The van der Waals surface area contributed by atoms with Gasteiger partial charge in [-0.3, -0.25) is 4.79 Å². The molecule has 0 fully saturated rings. The van der Waals surface area contributed by atoms with E-state index in [-0.39, 0.29) is 5.91 Å². The zero-order valence-electron chi connectivity index (χ0n) is 24.1. The molecule has 0 bridgehead atoms. The Labute approximate surface area is 211 Å². The maximum Gasteiger partial charge on any atom is 0.248 e. The summed E-state index contributed by atoms with van der Waals surface area (Å²) in [5.41, 5.74) is 14.6. The lowest BCUT2D eigenvalue weighted by Crippen LogP contribution is -2.23. The molecular weight excluding hydrogens is 416 g/mol. The van der Waals surface area contributed by atoms with E-state index in [2.05, 4.69) is 71.2 Å². The van der Waals surface area contributed by atoms with Gasteiger partial charge < -0.3 is 10.6 Å². The third-order valence-electron chi connectivity index (χ3n) is 5.52. The molecule has 0 aromatic heterocycles. The van der Waals surface area contributed by atoms with Crippen LogP contribution in [0.3, 0.4) is 0 Å². The summed E-state index contributed by atoms with van der Waals surface area (Å²) in [6.45, 7) is 30.3. The van der Waals surface area contributed by atoms with Gasteiger partial charge in [-0.25, -0.2) is 0 Å². The molecule has 0 spiro atoms. The van der Waals surface area contributed by atoms with E-state index in [1.807, 2.05) is 46.8 Å². The van der Waals surface area contributed by atoms with Gasteiger partial charge in [-0.2, -0.15) is 0 Å². The van der Waals surface area contributed by atoms with Crippen LogP contribution < -0.4 is 5.73 Å². The van der Waals surface area contributed by atoms with E-state index >= 15 is 0 Å². The predicted molar refractivity (Wildman–Crippen MR) is 153 cm³/mol. The Morgan fingerprint density at radius 3 is 1.62 bits per heavy atom. The first-order valence-electron chi connectivity index (χ1n) is 12.6. The Morgan fingerprint density at radius 1 is 0.853 bits per heavy atom. The van der Waals surface area contributed by atoms with Gasteiger partial charge in [-0.05, 0) is 121 Å². The van der Waals surface area contributed by atoms with Crippen molar-refractivity contribution in [2.45, 2.75) is 89.0 Å². The first kappa shape index (κ1) is 33.8. The molecule has 1 amide bonds. The monoisotopic (exact) mass is 468 g/mol. The minimum Gasteiger partial charge on any atom is -0.366 e. The summed E-state index contributed by atoms with van der Waals surface area (Å²) < 4.78 is 0. The summed E-state index contributed by atoms with van der Waals surface area (Å²) in [6.07, 6.45) is 2.42.